The van der Waals surface area contributed by atoms with E-state index in [-0.39, 0.29) is 42.7 Å². The Balaban J connectivity index is 1.95. The van der Waals surface area contributed by atoms with Crippen LogP contribution >= 0.6 is 0 Å². The van der Waals surface area contributed by atoms with Crippen LogP contribution < -0.4 is 21.9 Å². The summed E-state index contributed by atoms with van der Waals surface area (Å²) in [6, 6.07) is 9.36. The summed E-state index contributed by atoms with van der Waals surface area (Å²) in [5.41, 5.74) is 6.02. The van der Waals surface area contributed by atoms with Gasteiger partial charge in [0.15, 0.2) is 5.69 Å². The molecule has 1 aromatic heterocycles. The largest absolute Gasteiger partial charge is 0.383 e. The predicted molar refractivity (Wildman–Crippen MR) is 130 cm³/mol. The van der Waals surface area contributed by atoms with Gasteiger partial charge in [0.05, 0.1) is 25.3 Å². The summed E-state index contributed by atoms with van der Waals surface area (Å²) >= 11 is 0. The van der Waals surface area contributed by atoms with Crippen LogP contribution in [0, 0.1) is 5.92 Å². The number of carbonyl (C=O) groups excluding carboxylic acids is 1. The van der Waals surface area contributed by atoms with Crippen LogP contribution in [0.4, 0.5) is 11.5 Å². The van der Waals surface area contributed by atoms with E-state index in [4.69, 9.17) is 10.5 Å². The molecule has 3 rings (SSSR count). The van der Waals surface area contributed by atoms with Crippen molar-refractivity contribution in [3.8, 4) is 0 Å². The Bertz CT molecular complexity index is 1050. The van der Waals surface area contributed by atoms with E-state index >= 15 is 0 Å². The second-order valence-corrected chi connectivity index (χ2v) is 9.24. The van der Waals surface area contributed by atoms with Crippen LogP contribution in [0.25, 0.3) is 0 Å². The molecule has 180 valence electrons. The van der Waals surface area contributed by atoms with Crippen LogP contribution in [0.3, 0.4) is 0 Å². The van der Waals surface area contributed by atoms with E-state index in [1.54, 1.807) is 0 Å². The van der Waals surface area contributed by atoms with Crippen LogP contribution in [0.2, 0.25) is 0 Å². The molecule has 1 aromatic carbocycles. The van der Waals surface area contributed by atoms with Crippen molar-refractivity contribution in [2.45, 2.75) is 52.9 Å². The highest BCUT2D eigenvalue weighted by molar-refractivity contribution is 5.96. The number of carbonyl (C=O) groups is 1. The van der Waals surface area contributed by atoms with Crippen molar-refractivity contribution in [3.05, 3.63) is 56.7 Å². The number of nitrogen functional groups attached to an aromatic ring is 1. The van der Waals surface area contributed by atoms with Gasteiger partial charge in [-0.3, -0.25) is 24.0 Å². The highest BCUT2D eigenvalue weighted by atomic mass is 16.5. The summed E-state index contributed by atoms with van der Waals surface area (Å²) in [4.78, 5) is 44.7. The average Bonchev–Trinajstić information content (AvgIpc) is 2.73. The molecule has 9 nitrogen and oxygen atoms in total. The van der Waals surface area contributed by atoms with Gasteiger partial charge in [0.1, 0.15) is 5.82 Å². The topological polar surface area (TPSA) is 114 Å². The van der Waals surface area contributed by atoms with Gasteiger partial charge in [0.2, 0.25) is 5.91 Å². The first-order valence-electron chi connectivity index (χ1n) is 11.5. The van der Waals surface area contributed by atoms with Gasteiger partial charge in [0.25, 0.3) is 5.56 Å². The molecule has 2 atom stereocenters. The number of nitrogens with zero attached hydrogens (tertiary/aromatic N) is 3. The smallest absolute Gasteiger partial charge is 0.330 e. The summed E-state index contributed by atoms with van der Waals surface area (Å²) in [5, 5.41) is 0. The van der Waals surface area contributed by atoms with Gasteiger partial charge < -0.3 is 15.4 Å². The SMILES string of the molecule is CC(C)CCN(C(=O)CN1C[C@@H](C)O[C@@H](C)C1)c1c(N)n(Cc2ccccc2)c(=O)[nH]c1=O. The minimum absolute atomic E-state index is 0.00609. The standard InChI is InChI=1S/C24H35N5O4/c1-16(2)10-11-28(20(30)15-27-12-17(3)33-18(4)13-27)21-22(25)29(24(32)26-23(21)31)14-19-8-6-5-7-9-19/h5-9,16-18H,10-15,25H2,1-4H3,(H,26,31,32)/t17-,18+. The van der Waals surface area contributed by atoms with E-state index in [0.29, 0.717) is 32.0 Å². The summed E-state index contributed by atoms with van der Waals surface area (Å²) in [7, 11) is 0. The quantitative estimate of drug-likeness (QED) is 0.623. The molecule has 33 heavy (non-hydrogen) atoms. The molecule has 2 heterocycles. The van der Waals surface area contributed by atoms with E-state index in [9.17, 15) is 14.4 Å². The van der Waals surface area contributed by atoms with Gasteiger partial charge in [0, 0.05) is 19.6 Å². The molecular formula is C24H35N5O4. The average molecular weight is 458 g/mol. The lowest BCUT2D eigenvalue weighted by molar-refractivity contribution is -0.123. The van der Waals surface area contributed by atoms with Crippen LogP contribution in [0.1, 0.15) is 39.7 Å². The minimum atomic E-state index is -0.650. The molecule has 1 aliphatic heterocycles. The maximum atomic E-state index is 13.4. The van der Waals surface area contributed by atoms with Crippen LogP contribution in [-0.4, -0.2) is 58.7 Å². The summed E-state index contributed by atoms with van der Waals surface area (Å²) in [5.74, 6) is 0.0896. The Morgan fingerprint density at radius 2 is 1.82 bits per heavy atom. The van der Waals surface area contributed by atoms with E-state index in [1.165, 1.54) is 9.47 Å². The first-order chi connectivity index (χ1) is 15.7. The maximum Gasteiger partial charge on any atom is 0.330 e. The number of nitrogens with one attached hydrogen (secondary N) is 1. The van der Waals surface area contributed by atoms with Crippen molar-refractivity contribution >= 4 is 17.4 Å². The van der Waals surface area contributed by atoms with Crippen LogP contribution in [-0.2, 0) is 16.1 Å². The van der Waals surface area contributed by atoms with Gasteiger partial charge in [-0.2, -0.15) is 0 Å². The molecule has 1 amide bonds. The van der Waals surface area contributed by atoms with E-state index in [1.807, 2.05) is 49.1 Å². The molecule has 0 unspecified atom stereocenters. The number of anilines is 2. The number of benzene rings is 1. The Hall–Kier alpha value is -2.91. The lowest BCUT2D eigenvalue weighted by atomic mass is 10.1. The summed E-state index contributed by atoms with van der Waals surface area (Å²) in [6.07, 6.45) is 0.733. The number of hydrogen-bond acceptors (Lipinski definition) is 6. The number of H-pyrrole nitrogens is 1. The molecule has 0 radical (unpaired) electrons. The molecule has 0 bridgehead atoms. The van der Waals surface area contributed by atoms with Gasteiger partial charge in [-0.25, -0.2) is 4.79 Å². The number of ether oxygens (including phenoxy) is 1. The van der Waals surface area contributed by atoms with Gasteiger partial charge in [-0.1, -0.05) is 44.2 Å². The molecule has 1 fully saturated rings. The lowest BCUT2D eigenvalue weighted by Crippen LogP contribution is -2.51. The van der Waals surface area contributed by atoms with Crippen molar-refractivity contribution in [2.24, 2.45) is 5.92 Å². The van der Waals surface area contributed by atoms with Crippen molar-refractivity contribution in [1.29, 1.82) is 0 Å². The van der Waals surface area contributed by atoms with Crippen LogP contribution in [0.15, 0.2) is 39.9 Å². The fourth-order valence-corrected chi connectivity index (χ4v) is 4.20. The fraction of sp³-hybridized carbons (Fsp3) is 0.542. The fourth-order valence-electron chi connectivity index (χ4n) is 4.20. The second-order valence-electron chi connectivity index (χ2n) is 9.24. The van der Waals surface area contributed by atoms with Gasteiger partial charge in [-0.05, 0) is 31.7 Å². The molecule has 2 aromatic rings. The highest BCUT2D eigenvalue weighted by Crippen LogP contribution is 2.20. The predicted octanol–water partition coefficient (Wildman–Crippen LogP) is 1.66. The van der Waals surface area contributed by atoms with Crippen molar-refractivity contribution in [2.75, 3.05) is 36.8 Å². The Morgan fingerprint density at radius 1 is 1.18 bits per heavy atom. The van der Waals surface area contributed by atoms with Crippen molar-refractivity contribution in [1.82, 2.24) is 14.5 Å². The Morgan fingerprint density at radius 3 is 2.42 bits per heavy atom. The highest BCUT2D eigenvalue weighted by Gasteiger charge is 2.29. The van der Waals surface area contributed by atoms with Gasteiger partial charge in [-0.15, -0.1) is 0 Å². The maximum absolute atomic E-state index is 13.4. The molecule has 0 spiro atoms. The third-order valence-electron chi connectivity index (χ3n) is 5.75. The zero-order chi connectivity index (χ0) is 24.1. The van der Waals surface area contributed by atoms with E-state index < -0.39 is 11.2 Å². The number of aromatic nitrogens is 2. The number of amides is 1. The molecule has 1 saturated heterocycles. The lowest BCUT2D eigenvalue weighted by Gasteiger charge is -2.36. The number of aromatic amines is 1. The number of morpholine rings is 1. The first-order valence-corrected chi connectivity index (χ1v) is 11.5. The number of rotatable bonds is 8. The first kappa shape index (κ1) is 24.7. The van der Waals surface area contributed by atoms with Crippen molar-refractivity contribution in [3.63, 3.8) is 0 Å². The number of nitrogens with two attached hydrogens (primary N) is 1. The second kappa shape index (κ2) is 10.8. The van der Waals surface area contributed by atoms with Gasteiger partial charge >= 0.3 is 5.69 Å². The molecule has 9 heteroatoms. The van der Waals surface area contributed by atoms with Crippen LogP contribution in [0.5, 0.6) is 0 Å². The summed E-state index contributed by atoms with van der Waals surface area (Å²) in [6.45, 7) is 10.0. The molecular weight excluding hydrogens is 422 g/mol. The third-order valence-corrected chi connectivity index (χ3v) is 5.75. The normalized spacial score (nSPS) is 19.1. The van der Waals surface area contributed by atoms with Crippen molar-refractivity contribution < 1.29 is 9.53 Å². The molecule has 0 saturated carbocycles. The molecule has 1 aliphatic rings. The Kier molecular flexibility index (Phi) is 8.10. The monoisotopic (exact) mass is 457 g/mol. The zero-order valence-electron chi connectivity index (χ0n) is 19.9. The zero-order valence-corrected chi connectivity index (χ0v) is 19.9. The Labute approximate surface area is 194 Å². The van der Waals surface area contributed by atoms with E-state index in [0.717, 1.165) is 5.56 Å². The third kappa shape index (κ3) is 6.33. The minimum Gasteiger partial charge on any atom is -0.383 e. The summed E-state index contributed by atoms with van der Waals surface area (Å²) < 4.78 is 7.07. The van der Waals surface area contributed by atoms with E-state index in [2.05, 4.69) is 18.8 Å². The number of hydrogen-bond donors (Lipinski definition) is 2. The molecule has 0 aliphatic carbocycles. The molecule has 3 N–H and O–H groups in total.